The smallest absolute Gasteiger partial charge is 0.230 e. The van der Waals surface area contributed by atoms with E-state index >= 15 is 0 Å². The first-order valence-electron chi connectivity index (χ1n) is 9.24. The molecule has 2 amide bonds. The summed E-state index contributed by atoms with van der Waals surface area (Å²) in [6.45, 7) is 3.33. The van der Waals surface area contributed by atoms with E-state index in [1.807, 2.05) is 36.6 Å². The summed E-state index contributed by atoms with van der Waals surface area (Å²) < 4.78 is 10.6. The molecule has 0 radical (unpaired) electrons. The molecule has 2 N–H and O–H groups in total. The first kappa shape index (κ1) is 21.3. The van der Waals surface area contributed by atoms with Crippen LogP contribution in [0.1, 0.15) is 18.2 Å². The Bertz CT molecular complexity index is 1080. The lowest BCUT2D eigenvalue weighted by atomic mass is 10.1. The van der Waals surface area contributed by atoms with Gasteiger partial charge >= 0.3 is 0 Å². The molecule has 0 aliphatic carbocycles. The number of nitrogens with zero attached hydrogens (tertiary/aromatic N) is 1. The van der Waals surface area contributed by atoms with Crippen molar-refractivity contribution in [1.29, 1.82) is 0 Å². The third kappa shape index (κ3) is 5.15. The molecule has 0 spiro atoms. The molecule has 0 saturated heterocycles. The maximum atomic E-state index is 12.4. The first-order chi connectivity index (χ1) is 14.4. The van der Waals surface area contributed by atoms with Crippen LogP contribution in [0.4, 0.5) is 11.4 Å². The van der Waals surface area contributed by atoms with Crippen molar-refractivity contribution in [3.05, 3.63) is 53.0 Å². The number of anilines is 2. The van der Waals surface area contributed by atoms with E-state index in [9.17, 15) is 9.59 Å². The number of carbonyl (C=O) groups excluding carboxylic acids is 2. The van der Waals surface area contributed by atoms with E-state index in [0.717, 1.165) is 21.8 Å². The van der Waals surface area contributed by atoms with Crippen LogP contribution in [0.2, 0.25) is 0 Å². The van der Waals surface area contributed by atoms with Crippen LogP contribution in [-0.4, -0.2) is 31.0 Å². The lowest BCUT2D eigenvalue weighted by Crippen LogP contribution is -2.15. The molecule has 3 aromatic rings. The van der Waals surface area contributed by atoms with Crippen molar-refractivity contribution in [2.45, 2.75) is 20.3 Å². The monoisotopic (exact) mass is 425 g/mol. The average Bonchev–Trinajstić information content (AvgIpc) is 3.17. The summed E-state index contributed by atoms with van der Waals surface area (Å²) in [5.41, 5.74) is 3.84. The molecular formula is C22H23N3O4S. The van der Waals surface area contributed by atoms with Crippen LogP contribution in [0.3, 0.4) is 0 Å². The fourth-order valence-electron chi connectivity index (χ4n) is 2.93. The van der Waals surface area contributed by atoms with Crippen molar-refractivity contribution < 1.29 is 19.1 Å². The summed E-state index contributed by atoms with van der Waals surface area (Å²) in [4.78, 5) is 28.2. The van der Waals surface area contributed by atoms with Crippen molar-refractivity contribution in [2.75, 3.05) is 24.9 Å². The number of amides is 2. The Labute approximate surface area is 179 Å². The summed E-state index contributed by atoms with van der Waals surface area (Å²) in [6, 6.07) is 10.9. The maximum absolute atomic E-state index is 12.4. The van der Waals surface area contributed by atoms with Crippen molar-refractivity contribution in [3.8, 4) is 22.1 Å². The fraction of sp³-hybridized carbons (Fsp3) is 0.227. The zero-order valence-electron chi connectivity index (χ0n) is 17.2. The number of rotatable bonds is 7. The Morgan fingerprint density at radius 1 is 1.03 bits per heavy atom. The SMILES string of the molecule is COc1ccc(-c2nc(CC(=O)Nc3ccc(NC(C)=O)c(C)c3)cs2)cc1OC. The zero-order valence-corrected chi connectivity index (χ0v) is 18.1. The largest absolute Gasteiger partial charge is 0.493 e. The van der Waals surface area contributed by atoms with Crippen LogP contribution in [-0.2, 0) is 16.0 Å². The molecule has 2 aromatic carbocycles. The van der Waals surface area contributed by atoms with Gasteiger partial charge in [0.2, 0.25) is 11.8 Å². The predicted octanol–water partition coefficient (Wildman–Crippen LogP) is 4.28. The van der Waals surface area contributed by atoms with Gasteiger partial charge in [0, 0.05) is 29.2 Å². The number of aromatic nitrogens is 1. The second-order valence-corrected chi connectivity index (χ2v) is 7.51. The Morgan fingerprint density at radius 2 is 1.80 bits per heavy atom. The van der Waals surface area contributed by atoms with Gasteiger partial charge in [-0.2, -0.15) is 0 Å². The minimum atomic E-state index is -0.161. The Kier molecular flexibility index (Phi) is 6.68. The summed E-state index contributed by atoms with van der Waals surface area (Å²) in [6.07, 6.45) is 0.163. The molecule has 7 nitrogen and oxygen atoms in total. The van der Waals surface area contributed by atoms with Gasteiger partial charge in [0.25, 0.3) is 0 Å². The molecule has 0 aliphatic rings. The van der Waals surface area contributed by atoms with Crippen LogP contribution in [0.25, 0.3) is 10.6 Å². The van der Waals surface area contributed by atoms with E-state index in [4.69, 9.17) is 9.47 Å². The number of carbonyl (C=O) groups is 2. The minimum absolute atomic E-state index is 0.135. The second kappa shape index (κ2) is 9.41. The van der Waals surface area contributed by atoms with E-state index < -0.39 is 0 Å². The molecule has 3 rings (SSSR count). The number of thiazole rings is 1. The van der Waals surface area contributed by atoms with Gasteiger partial charge in [0.1, 0.15) is 5.01 Å². The quantitative estimate of drug-likeness (QED) is 0.590. The molecule has 1 heterocycles. The molecule has 0 aliphatic heterocycles. The predicted molar refractivity (Wildman–Crippen MR) is 118 cm³/mol. The molecule has 30 heavy (non-hydrogen) atoms. The summed E-state index contributed by atoms with van der Waals surface area (Å²) in [5.74, 6) is 0.981. The summed E-state index contributed by atoms with van der Waals surface area (Å²) >= 11 is 1.47. The molecule has 156 valence electrons. The van der Waals surface area contributed by atoms with Gasteiger partial charge in [0.05, 0.1) is 26.3 Å². The van der Waals surface area contributed by atoms with Crippen LogP contribution in [0.15, 0.2) is 41.8 Å². The van der Waals surface area contributed by atoms with Gasteiger partial charge in [0.15, 0.2) is 11.5 Å². The standard InChI is InChI=1S/C22H23N3O4S/c1-13-9-16(6-7-18(13)23-14(2)26)24-21(27)11-17-12-30-22(25-17)15-5-8-19(28-3)20(10-15)29-4/h5-10,12H,11H2,1-4H3,(H,23,26)(H,24,27). The molecule has 0 saturated carbocycles. The van der Waals surface area contributed by atoms with E-state index in [1.54, 1.807) is 26.4 Å². The maximum Gasteiger partial charge on any atom is 0.230 e. The van der Waals surface area contributed by atoms with Gasteiger partial charge < -0.3 is 20.1 Å². The van der Waals surface area contributed by atoms with E-state index in [1.165, 1.54) is 18.3 Å². The highest BCUT2D eigenvalue weighted by Crippen LogP contribution is 2.33. The van der Waals surface area contributed by atoms with E-state index in [-0.39, 0.29) is 18.2 Å². The Hall–Kier alpha value is -3.39. The Balaban J connectivity index is 1.67. The van der Waals surface area contributed by atoms with Crippen LogP contribution < -0.4 is 20.1 Å². The van der Waals surface area contributed by atoms with Gasteiger partial charge in [-0.3, -0.25) is 9.59 Å². The third-order valence-electron chi connectivity index (χ3n) is 4.34. The highest BCUT2D eigenvalue weighted by molar-refractivity contribution is 7.13. The fourth-order valence-corrected chi connectivity index (χ4v) is 3.75. The van der Waals surface area contributed by atoms with Crippen molar-refractivity contribution in [3.63, 3.8) is 0 Å². The minimum Gasteiger partial charge on any atom is -0.493 e. The molecule has 0 unspecified atom stereocenters. The highest BCUT2D eigenvalue weighted by atomic mass is 32.1. The van der Waals surface area contributed by atoms with Crippen LogP contribution in [0, 0.1) is 6.92 Å². The average molecular weight is 426 g/mol. The summed E-state index contributed by atoms with van der Waals surface area (Å²) in [5, 5.41) is 8.29. The molecule has 0 bridgehead atoms. The lowest BCUT2D eigenvalue weighted by Gasteiger charge is -2.10. The van der Waals surface area contributed by atoms with Crippen molar-refractivity contribution >= 4 is 34.5 Å². The molecule has 0 atom stereocenters. The van der Waals surface area contributed by atoms with Gasteiger partial charge in [-0.15, -0.1) is 11.3 Å². The molecule has 0 fully saturated rings. The van der Waals surface area contributed by atoms with Crippen LogP contribution in [0.5, 0.6) is 11.5 Å². The summed E-state index contributed by atoms with van der Waals surface area (Å²) in [7, 11) is 3.18. The number of ether oxygens (including phenoxy) is 2. The van der Waals surface area contributed by atoms with E-state index in [2.05, 4.69) is 15.6 Å². The van der Waals surface area contributed by atoms with Crippen molar-refractivity contribution in [1.82, 2.24) is 4.98 Å². The number of nitrogens with one attached hydrogen (secondary N) is 2. The molecular weight excluding hydrogens is 402 g/mol. The second-order valence-electron chi connectivity index (χ2n) is 6.65. The highest BCUT2D eigenvalue weighted by Gasteiger charge is 2.12. The molecule has 8 heteroatoms. The van der Waals surface area contributed by atoms with Gasteiger partial charge in [-0.25, -0.2) is 4.98 Å². The number of benzene rings is 2. The number of hydrogen-bond donors (Lipinski definition) is 2. The van der Waals surface area contributed by atoms with E-state index in [0.29, 0.717) is 22.9 Å². The number of aryl methyl sites for hydroxylation is 1. The lowest BCUT2D eigenvalue weighted by molar-refractivity contribution is -0.116. The normalized spacial score (nSPS) is 10.4. The topological polar surface area (TPSA) is 89.5 Å². The van der Waals surface area contributed by atoms with Crippen molar-refractivity contribution in [2.24, 2.45) is 0 Å². The number of hydrogen-bond acceptors (Lipinski definition) is 6. The zero-order chi connectivity index (χ0) is 21.7. The first-order valence-corrected chi connectivity index (χ1v) is 10.1. The van der Waals surface area contributed by atoms with Gasteiger partial charge in [-0.1, -0.05) is 0 Å². The Morgan fingerprint density at radius 3 is 2.47 bits per heavy atom. The third-order valence-corrected chi connectivity index (χ3v) is 5.28. The molecule has 1 aromatic heterocycles. The number of methoxy groups -OCH3 is 2. The van der Waals surface area contributed by atoms with Gasteiger partial charge in [-0.05, 0) is 48.9 Å². The van der Waals surface area contributed by atoms with Crippen LogP contribution >= 0.6 is 11.3 Å².